The molecule has 0 fully saturated rings. The van der Waals surface area contributed by atoms with Gasteiger partial charge in [-0.15, -0.1) is 0 Å². The molecule has 0 amide bonds. The predicted octanol–water partition coefficient (Wildman–Crippen LogP) is 3.53. The van der Waals surface area contributed by atoms with Crippen LogP contribution in [0.3, 0.4) is 0 Å². The summed E-state index contributed by atoms with van der Waals surface area (Å²) < 4.78 is 0. The van der Waals surface area contributed by atoms with Crippen molar-refractivity contribution in [2.24, 2.45) is 0 Å². The van der Waals surface area contributed by atoms with E-state index in [-0.39, 0.29) is 0 Å². The second kappa shape index (κ2) is 4.56. The zero-order valence-electron chi connectivity index (χ0n) is 11.9. The number of nitrogens with one attached hydrogen (secondary N) is 1. The molecule has 4 heteroatoms. The van der Waals surface area contributed by atoms with Gasteiger partial charge in [-0.05, 0) is 43.7 Å². The van der Waals surface area contributed by atoms with E-state index in [9.17, 15) is 0 Å². The fourth-order valence-corrected chi connectivity index (χ4v) is 2.47. The smallest absolute Gasteiger partial charge is 0.0828 e. The monoisotopic (exact) mass is 266 g/mol. The highest BCUT2D eigenvalue weighted by atomic mass is 15.1. The van der Waals surface area contributed by atoms with Gasteiger partial charge in [0.15, 0.2) is 0 Å². The lowest BCUT2D eigenvalue weighted by molar-refractivity contribution is 1.18. The van der Waals surface area contributed by atoms with Crippen LogP contribution in [0.25, 0.3) is 10.9 Å². The summed E-state index contributed by atoms with van der Waals surface area (Å²) in [5, 5.41) is 1.24. The van der Waals surface area contributed by atoms with E-state index >= 15 is 0 Å². The summed E-state index contributed by atoms with van der Waals surface area (Å²) in [4.78, 5) is 9.60. The van der Waals surface area contributed by atoms with Crippen LogP contribution in [0.15, 0.2) is 36.7 Å². The minimum atomic E-state index is 0.726. The molecule has 2 aromatic heterocycles. The highest BCUT2D eigenvalue weighted by Crippen LogP contribution is 2.31. The number of pyridine rings is 1. The normalized spacial score (nSPS) is 10.9. The van der Waals surface area contributed by atoms with Crippen molar-refractivity contribution >= 4 is 28.0 Å². The third kappa shape index (κ3) is 1.90. The van der Waals surface area contributed by atoms with Crippen LogP contribution in [0, 0.1) is 13.8 Å². The lowest BCUT2D eigenvalue weighted by Crippen LogP contribution is -2.11. The second-order valence-electron chi connectivity index (χ2n) is 5.10. The predicted molar refractivity (Wildman–Crippen MR) is 84.5 cm³/mol. The Hall–Kier alpha value is -2.49. The summed E-state index contributed by atoms with van der Waals surface area (Å²) in [6.07, 6.45) is 3.49. The van der Waals surface area contributed by atoms with Crippen molar-refractivity contribution in [1.82, 2.24) is 9.97 Å². The number of rotatable bonds is 2. The molecule has 0 aliphatic heterocycles. The van der Waals surface area contributed by atoms with Crippen molar-refractivity contribution in [3.63, 3.8) is 0 Å². The van der Waals surface area contributed by atoms with E-state index in [0.29, 0.717) is 0 Å². The number of aromatic nitrogens is 2. The minimum absolute atomic E-state index is 0.726. The first-order valence-corrected chi connectivity index (χ1v) is 6.60. The van der Waals surface area contributed by atoms with Gasteiger partial charge in [0, 0.05) is 35.5 Å². The van der Waals surface area contributed by atoms with E-state index in [0.717, 1.165) is 22.6 Å². The number of nitrogens with zero attached hydrogens (tertiary/aromatic N) is 2. The maximum atomic E-state index is 6.02. The van der Waals surface area contributed by atoms with Gasteiger partial charge in [0.2, 0.25) is 0 Å². The van der Waals surface area contributed by atoms with Gasteiger partial charge in [0.25, 0.3) is 0 Å². The van der Waals surface area contributed by atoms with Gasteiger partial charge in [-0.2, -0.15) is 0 Å². The molecule has 0 saturated heterocycles. The highest BCUT2D eigenvalue weighted by molar-refractivity contribution is 5.89. The third-order valence-electron chi connectivity index (χ3n) is 3.87. The van der Waals surface area contributed by atoms with E-state index in [1.807, 2.05) is 13.1 Å². The van der Waals surface area contributed by atoms with Crippen LogP contribution in [0.2, 0.25) is 0 Å². The van der Waals surface area contributed by atoms with Gasteiger partial charge >= 0.3 is 0 Å². The molecular formula is C16H18N4. The molecule has 0 unspecified atom stereocenters. The maximum Gasteiger partial charge on any atom is 0.0828 e. The Balaban J connectivity index is 2.10. The van der Waals surface area contributed by atoms with E-state index in [1.54, 1.807) is 12.4 Å². The SMILES string of the molecule is Cc1[nH]c2ccc(N(C)c3cnccc3N)cc2c1C. The summed E-state index contributed by atoms with van der Waals surface area (Å²) in [6.45, 7) is 4.23. The van der Waals surface area contributed by atoms with Gasteiger partial charge in [0.05, 0.1) is 17.6 Å². The fraction of sp³-hybridized carbons (Fsp3) is 0.188. The Morgan fingerprint density at radius 3 is 2.75 bits per heavy atom. The van der Waals surface area contributed by atoms with E-state index in [4.69, 9.17) is 5.73 Å². The zero-order chi connectivity index (χ0) is 14.3. The average Bonchev–Trinajstić information content (AvgIpc) is 2.74. The van der Waals surface area contributed by atoms with Gasteiger partial charge in [-0.1, -0.05) is 0 Å². The molecule has 20 heavy (non-hydrogen) atoms. The average molecular weight is 266 g/mol. The molecule has 2 heterocycles. The van der Waals surface area contributed by atoms with Crippen LogP contribution in [0.5, 0.6) is 0 Å². The molecule has 0 bridgehead atoms. The molecule has 0 saturated carbocycles. The maximum absolute atomic E-state index is 6.02. The van der Waals surface area contributed by atoms with Crippen LogP contribution in [-0.4, -0.2) is 17.0 Å². The van der Waals surface area contributed by atoms with Crippen molar-refractivity contribution < 1.29 is 0 Å². The Morgan fingerprint density at radius 2 is 2.00 bits per heavy atom. The highest BCUT2D eigenvalue weighted by Gasteiger charge is 2.10. The fourth-order valence-electron chi connectivity index (χ4n) is 2.47. The van der Waals surface area contributed by atoms with Crippen molar-refractivity contribution in [2.75, 3.05) is 17.7 Å². The third-order valence-corrected chi connectivity index (χ3v) is 3.87. The summed E-state index contributed by atoms with van der Waals surface area (Å²) in [7, 11) is 2.00. The summed E-state index contributed by atoms with van der Waals surface area (Å²) in [6, 6.07) is 8.19. The number of aromatic amines is 1. The molecule has 102 valence electrons. The largest absolute Gasteiger partial charge is 0.397 e. The summed E-state index contributed by atoms with van der Waals surface area (Å²) >= 11 is 0. The minimum Gasteiger partial charge on any atom is -0.397 e. The van der Waals surface area contributed by atoms with Crippen LogP contribution in [-0.2, 0) is 0 Å². The number of hydrogen-bond acceptors (Lipinski definition) is 3. The van der Waals surface area contributed by atoms with Crippen LogP contribution >= 0.6 is 0 Å². The molecule has 3 rings (SSSR count). The topological polar surface area (TPSA) is 57.9 Å². The molecule has 0 atom stereocenters. The van der Waals surface area contributed by atoms with Gasteiger partial charge < -0.3 is 15.6 Å². The first-order valence-electron chi connectivity index (χ1n) is 6.60. The quantitative estimate of drug-likeness (QED) is 0.746. The second-order valence-corrected chi connectivity index (χ2v) is 5.10. The first kappa shape index (κ1) is 12.5. The number of benzene rings is 1. The van der Waals surface area contributed by atoms with E-state index < -0.39 is 0 Å². The number of fused-ring (bicyclic) bond motifs is 1. The Bertz CT molecular complexity index is 773. The number of nitrogen functional groups attached to an aromatic ring is 1. The number of hydrogen-bond donors (Lipinski definition) is 2. The van der Waals surface area contributed by atoms with Crippen LogP contribution in [0.1, 0.15) is 11.3 Å². The molecule has 0 spiro atoms. The molecule has 3 aromatic rings. The summed E-state index contributed by atoms with van der Waals surface area (Å²) in [5.74, 6) is 0. The van der Waals surface area contributed by atoms with Crippen molar-refractivity contribution in [2.45, 2.75) is 13.8 Å². The van der Waals surface area contributed by atoms with Gasteiger partial charge in [0.1, 0.15) is 0 Å². The lowest BCUT2D eigenvalue weighted by Gasteiger charge is -2.20. The molecule has 3 N–H and O–H groups in total. The van der Waals surface area contributed by atoms with Crippen molar-refractivity contribution in [1.29, 1.82) is 0 Å². The molecule has 4 nitrogen and oxygen atoms in total. The molecule has 0 aliphatic rings. The number of nitrogens with two attached hydrogens (primary N) is 1. The summed E-state index contributed by atoms with van der Waals surface area (Å²) in [5.41, 5.74) is 12.4. The van der Waals surface area contributed by atoms with Crippen LogP contribution in [0.4, 0.5) is 17.1 Å². The zero-order valence-corrected chi connectivity index (χ0v) is 11.9. The lowest BCUT2D eigenvalue weighted by atomic mass is 10.1. The number of anilines is 3. The Labute approximate surface area is 118 Å². The van der Waals surface area contributed by atoms with E-state index in [1.165, 1.54) is 16.6 Å². The molecule has 0 radical (unpaired) electrons. The Morgan fingerprint density at radius 1 is 1.20 bits per heavy atom. The Kier molecular flexibility index (Phi) is 2.86. The number of H-pyrrole nitrogens is 1. The molecular weight excluding hydrogens is 248 g/mol. The molecule has 0 aliphatic carbocycles. The van der Waals surface area contributed by atoms with Gasteiger partial charge in [-0.3, -0.25) is 4.98 Å². The number of aryl methyl sites for hydroxylation is 2. The van der Waals surface area contributed by atoms with Crippen LogP contribution < -0.4 is 10.6 Å². The molecule has 1 aromatic carbocycles. The van der Waals surface area contributed by atoms with Crippen molar-refractivity contribution in [3.8, 4) is 0 Å². The standard InChI is InChI=1S/C16H18N4/c1-10-11(2)19-15-5-4-12(8-13(10)15)20(3)16-9-18-7-6-14(16)17/h4-9,19H,1-3H3,(H2,17,18). The van der Waals surface area contributed by atoms with Gasteiger partial charge in [-0.25, -0.2) is 0 Å². The van der Waals surface area contributed by atoms with E-state index in [2.05, 4.69) is 46.9 Å². The first-order chi connectivity index (χ1) is 9.58. The van der Waals surface area contributed by atoms with Crippen molar-refractivity contribution in [3.05, 3.63) is 47.9 Å².